The van der Waals surface area contributed by atoms with Gasteiger partial charge in [0.05, 0.1) is 23.3 Å². The van der Waals surface area contributed by atoms with Crippen LogP contribution in [0.5, 0.6) is 0 Å². The number of aliphatic imine (C=N–C) groups is 1. The summed E-state index contributed by atoms with van der Waals surface area (Å²) in [5.41, 5.74) is 0.688. The van der Waals surface area contributed by atoms with E-state index in [-0.39, 0.29) is 12.6 Å². The lowest BCUT2D eigenvalue weighted by molar-refractivity contribution is 0.675. The molecule has 1 atom stereocenters. The molecule has 1 aromatic heterocycles. The maximum Gasteiger partial charge on any atom is 0.206 e. The highest BCUT2D eigenvalue weighted by Crippen LogP contribution is 2.27. The normalized spacial score (nSPS) is 12.1. The van der Waals surface area contributed by atoms with Crippen molar-refractivity contribution in [3.8, 4) is 18.5 Å². The van der Waals surface area contributed by atoms with E-state index in [1.165, 1.54) is 0 Å². The second-order valence-corrected chi connectivity index (χ2v) is 5.33. The van der Waals surface area contributed by atoms with E-state index in [0.29, 0.717) is 16.7 Å². The summed E-state index contributed by atoms with van der Waals surface area (Å²) in [5.74, 6) is 3.66. The predicted octanol–water partition coefficient (Wildman–Crippen LogP) is 2.18. The van der Waals surface area contributed by atoms with Crippen molar-refractivity contribution in [2.75, 3.05) is 18.6 Å². The highest BCUT2D eigenvalue weighted by atomic mass is 35.5. The molecule has 0 saturated carbocycles. The van der Waals surface area contributed by atoms with E-state index in [0.717, 1.165) is 12.2 Å². The second kappa shape index (κ2) is 9.93. The molecule has 1 heterocycles. The van der Waals surface area contributed by atoms with Gasteiger partial charge in [0, 0.05) is 6.20 Å². The van der Waals surface area contributed by atoms with Crippen molar-refractivity contribution < 1.29 is 0 Å². The van der Waals surface area contributed by atoms with Gasteiger partial charge in [-0.15, -0.1) is 6.42 Å². The lowest BCUT2D eigenvalue weighted by Crippen LogP contribution is -2.35. The Morgan fingerprint density at radius 3 is 3.10 bits per heavy atom. The number of hydrogen-bond acceptors (Lipinski definition) is 4. The number of pyridine rings is 1. The first-order valence-electron chi connectivity index (χ1n) is 6.22. The molecule has 0 bridgehead atoms. The summed E-state index contributed by atoms with van der Waals surface area (Å²) in [7, 11) is 0. The number of nitriles is 1. The van der Waals surface area contributed by atoms with Crippen LogP contribution >= 0.6 is 23.4 Å². The molecule has 1 rings (SSSR count). The van der Waals surface area contributed by atoms with E-state index in [1.54, 1.807) is 30.1 Å². The van der Waals surface area contributed by atoms with Crippen LogP contribution in [0.15, 0.2) is 23.3 Å². The summed E-state index contributed by atoms with van der Waals surface area (Å²) in [6, 6.07) is 3.30. The fourth-order valence-corrected chi connectivity index (χ4v) is 2.31. The van der Waals surface area contributed by atoms with Gasteiger partial charge >= 0.3 is 0 Å². The number of thioether (sulfide) groups is 1. The number of rotatable bonds is 6. The Morgan fingerprint density at radius 1 is 1.67 bits per heavy atom. The standard InChI is InChI=1S/C14H16ClN5S/c1-3-7-18-14(19-10-16)20-12(6-9-21-2)13-11(15)5-4-8-17-13/h1,4-5,8,12H,6-7,9H2,2H3,(H2,18,19,20). The number of hydrogen-bond donors (Lipinski definition) is 2. The molecule has 0 aliphatic heterocycles. The zero-order valence-electron chi connectivity index (χ0n) is 11.6. The van der Waals surface area contributed by atoms with Gasteiger partial charge < -0.3 is 5.32 Å². The Labute approximate surface area is 134 Å². The molecule has 5 nitrogen and oxygen atoms in total. The molecule has 0 amide bonds. The Bertz CT molecular complexity index is 561. The molecule has 0 aromatic carbocycles. The third kappa shape index (κ3) is 5.95. The Hall–Kier alpha value is -1.89. The molecule has 0 aliphatic rings. The zero-order chi connectivity index (χ0) is 15.5. The van der Waals surface area contributed by atoms with Crippen LogP contribution < -0.4 is 10.6 Å². The van der Waals surface area contributed by atoms with E-state index in [4.69, 9.17) is 23.3 Å². The smallest absolute Gasteiger partial charge is 0.206 e. The molecule has 0 fully saturated rings. The van der Waals surface area contributed by atoms with E-state index in [1.807, 2.05) is 12.4 Å². The summed E-state index contributed by atoms with van der Waals surface area (Å²) < 4.78 is 0. The summed E-state index contributed by atoms with van der Waals surface area (Å²) in [4.78, 5) is 8.79. The quantitative estimate of drug-likeness (QED) is 0.276. The van der Waals surface area contributed by atoms with Crippen molar-refractivity contribution in [3.63, 3.8) is 0 Å². The summed E-state index contributed by atoms with van der Waals surface area (Å²) in [6.07, 6.45) is 11.5. The molecule has 0 aliphatic carbocycles. The third-order valence-corrected chi connectivity index (χ3v) is 3.48. The number of guanidine groups is 1. The number of terminal acetylenes is 1. The second-order valence-electron chi connectivity index (χ2n) is 3.94. The summed E-state index contributed by atoms with van der Waals surface area (Å²) in [6.45, 7) is 0.276. The van der Waals surface area contributed by atoms with Crippen molar-refractivity contribution >= 4 is 29.3 Å². The van der Waals surface area contributed by atoms with Crippen molar-refractivity contribution in [3.05, 3.63) is 29.0 Å². The zero-order valence-corrected chi connectivity index (χ0v) is 13.2. The molecule has 1 aromatic rings. The highest BCUT2D eigenvalue weighted by Gasteiger charge is 2.16. The molecule has 21 heavy (non-hydrogen) atoms. The molecule has 0 radical (unpaired) electrons. The third-order valence-electron chi connectivity index (χ3n) is 2.52. The minimum absolute atomic E-state index is 0.243. The van der Waals surface area contributed by atoms with E-state index >= 15 is 0 Å². The van der Waals surface area contributed by atoms with Gasteiger partial charge in [-0.05, 0) is 30.6 Å². The number of nitrogens with zero attached hydrogens (tertiary/aromatic N) is 3. The molecule has 110 valence electrons. The van der Waals surface area contributed by atoms with Crippen molar-refractivity contribution in [1.82, 2.24) is 15.6 Å². The van der Waals surface area contributed by atoms with Crippen molar-refractivity contribution in [2.24, 2.45) is 4.99 Å². The van der Waals surface area contributed by atoms with Gasteiger partial charge in [-0.1, -0.05) is 17.5 Å². The first-order valence-corrected chi connectivity index (χ1v) is 7.99. The molecule has 2 N–H and O–H groups in total. The lowest BCUT2D eigenvalue weighted by atomic mass is 10.1. The fourth-order valence-electron chi connectivity index (χ4n) is 1.60. The van der Waals surface area contributed by atoms with Gasteiger partial charge in [0.1, 0.15) is 0 Å². The molecule has 0 saturated heterocycles. The SMILES string of the molecule is C#CCNC(=NC(CCSC)c1ncccc1Cl)NC#N. The van der Waals surface area contributed by atoms with Crippen LogP contribution in [0.25, 0.3) is 0 Å². The topological polar surface area (TPSA) is 73.1 Å². The Morgan fingerprint density at radius 2 is 2.48 bits per heavy atom. The maximum absolute atomic E-state index is 8.77. The van der Waals surface area contributed by atoms with Crippen LogP contribution in [0.4, 0.5) is 0 Å². The fraction of sp³-hybridized carbons (Fsp3) is 0.357. The highest BCUT2D eigenvalue weighted by molar-refractivity contribution is 7.98. The molecule has 0 spiro atoms. The summed E-state index contributed by atoms with van der Waals surface area (Å²) in [5, 5.41) is 14.7. The average molecular weight is 322 g/mol. The lowest BCUT2D eigenvalue weighted by Gasteiger charge is -2.15. The minimum Gasteiger partial charge on any atom is -0.345 e. The van der Waals surface area contributed by atoms with Crippen LogP contribution in [0.3, 0.4) is 0 Å². The van der Waals surface area contributed by atoms with E-state index < -0.39 is 0 Å². The van der Waals surface area contributed by atoms with Crippen LogP contribution in [0.1, 0.15) is 18.2 Å². The van der Waals surface area contributed by atoms with Gasteiger partial charge in [-0.2, -0.15) is 17.0 Å². The molecular weight excluding hydrogens is 306 g/mol. The molecule has 1 unspecified atom stereocenters. The molecule has 7 heteroatoms. The molecular formula is C14H16ClN5S. The predicted molar refractivity (Wildman–Crippen MR) is 88.0 cm³/mol. The van der Waals surface area contributed by atoms with Crippen LogP contribution in [-0.2, 0) is 0 Å². The van der Waals surface area contributed by atoms with Gasteiger partial charge in [-0.3, -0.25) is 10.3 Å². The van der Waals surface area contributed by atoms with Gasteiger partial charge in [0.25, 0.3) is 0 Å². The monoisotopic (exact) mass is 321 g/mol. The van der Waals surface area contributed by atoms with Gasteiger partial charge in [0.15, 0.2) is 6.19 Å². The van der Waals surface area contributed by atoms with Gasteiger partial charge in [-0.25, -0.2) is 4.99 Å². The summed E-state index contributed by atoms with van der Waals surface area (Å²) >= 11 is 7.90. The van der Waals surface area contributed by atoms with Crippen molar-refractivity contribution in [2.45, 2.75) is 12.5 Å². The largest absolute Gasteiger partial charge is 0.345 e. The number of aromatic nitrogens is 1. The van der Waals surface area contributed by atoms with Crippen LogP contribution in [0.2, 0.25) is 5.02 Å². The van der Waals surface area contributed by atoms with Gasteiger partial charge in [0.2, 0.25) is 5.96 Å². The average Bonchev–Trinajstić information content (AvgIpc) is 2.49. The van der Waals surface area contributed by atoms with Crippen LogP contribution in [0, 0.1) is 23.8 Å². The first kappa shape index (κ1) is 17.2. The maximum atomic E-state index is 8.77. The minimum atomic E-state index is -0.243. The van der Waals surface area contributed by atoms with Crippen molar-refractivity contribution in [1.29, 1.82) is 5.26 Å². The van der Waals surface area contributed by atoms with E-state index in [9.17, 15) is 0 Å². The van der Waals surface area contributed by atoms with Crippen LogP contribution in [-0.4, -0.2) is 29.5 Å². The number of halogens is 1. The number of nitrogens with one attached hydrogen (secondary N) is 2. The Kier molecular flexibility index (Phi) is 8.11. The Balaban J connectivity index is 3.03. The van der Waals surface area contributed by atoms with E-state index in [2.05, 4.69) is 26.5 Å². The first-order chi connectivity index (χ1) is 10.2.